The molecule has 14 heavy (non-hydrogen) atoms. The maximum atomic E-state index is 8.87. The normalized spacial score (nSPS) is 12.1. The summed E-state index contributed by atoms with van der Waals surface area (Å²) in [5.41, 5.74) is 6.23. The predicted octanol–water partition coefficient (Wildman–Crippen LogP) is 1.35. The first kappa shape index (κ1) is 10.4. The quantitative estimate of drug-likeness (QED) is 0.759. The molecule has 1 heterocycles. The fourth-order valence-electron chi connectivity index (χ4n) is 1.24. The number of rotatable bonds is 3. The van der Waals surface area contributed by atoms with E-state index in [1.807, 2.05) is 13.0 Å². The molecule has 1 aromatic rings. The lowest BCUT2D eigenvalue weighted by Gasteiger charge is -2.10. The van der Waals surface area contributed by atoms with Gasteiger partial charge < -0.3 is 11.1 Å². The van der Waals surface area contributed by atoms with E-state index in [0.29, 0.717) is 17.2 Å². The molecular weight excluding hydrogens is 178 g/mol. The second-order valence-corrected chi connectivity index (χ2v) is 3.17. The largest absolute Gasteiger partial charge is 0.383 e. The smallest absolute Gasteiger partial charge is 0.168 e. The Hall–Kier alpha value is -1.70. The van der Waals surface area contributed by atoms with Crippen LogP contribution in [-0.2, 0) is 0 Å². The van der Waals surface area contributed by atoms with E-state index in [4.69, 9.17) is 11.0 Å². The van der Waals surface area contributed by atoms with Crippen LogP contribution in [0.2, 0.25) is 0 Å². The molecule has 1 unspecified atom stereocenters. The third kappa shape index (κ3) is 1.51. The van der Waals surface area contributed by atoms with Gasteiger partial charge in [-0.3, -0.25) is 0 Å². The Labute approximate surface area is 83.5 Å². The highest BCUT2D eigenvalue weighted by Crippen LogP contribution is 2.24. The minimum absolute atomic E-state index is 0.212. The van der Waals surface area contributed by atoms with E-state index in [1.165, 1.54) is 0 Å². The van der Waals surface area contributed by atoms with Crippen LogP contribution in [0, 0.1) is 11.3 Å². The zero-order valence-electron chi connectivity index (χ0n) is 8.70. The van der Waals surface area contributed by atoms with Crippen molar-refractivity contribution in [1.82, 2.24) is 9.78 Å². The number of nitriles is 1. The summed E-state index contributed by atoms with van der Waals surface area (Å²) in [6.07, 6.45) is 0.930. The van der Waals surface area contributed by atoms with Gasteiger partial charge in [0, 0.05) is 7.05 Å². The summed E-state index contributed by atoms with van der Waals surface area (Å²) in [6.45, 7) is 4.07. The van der Waals surface area contributed by atoms with Crippen molar-refractivity contribution in [2.75, 3.05) is 18.1 Å². The van der Waals surface area contributed by atoms with Crippen LogP contribution in [-0.4, -0.2) is 16.8 Å². The average Bonchev–Trinajstić information content (AvgIpc) is 2.53. The van der Waals surface area contributed by atoms with Crippen molar-refractivity contribution >= 4 is 11.6 Å². The minimum atomic E-state index is 0.212. The third-order valence-corrected chi connectivity index (χ3v) is 2.30. The molecule has 5 heteroatoms. The van der Waals surface area contributed by atoms with Gasteiger partial charge in [0.05, 0.1) is 6.04 Å². The Morgan fingerprint density at radius 3 is 2.71 bits per heavy atom. The Morgan fingerprint density at radius 1 is 1.71 bits per heavy atom. The van der Waals surface area contributed by atoms with Gasteiger partial charge in [-0.2, -0.15) is 10.4 Å². The highest BCUT2D eigenvalue weighted by atomic mass is 15.4. The summed E-state index contributed by atoms with van der Waals surface area (Å²) in [6, 6.07) is 2.26. The van der Waals surface area contributed by atoms with Crippen molar-refractivity contribution in [3.63, 3.8) is 0 Å². The highest BCUT2D eigenvalue weighted by molar-refractivity contribution is 5.63. The first-order valence-corrected chi connectivity index (χ1v) is 4.61. The maximum absolute atomic E-state index is 8.87. The molecule has 0 aliphatic heterocycles. The Balaban J connectivity index is 3.22. The lowest BCUT2D eigenvalue weighted by molar-refractivity contribution is 0.486. The number of nitrogens with one attached hydrogen (secondary N) is 1. The van der Waals surface area contributed by atoms with Crippen LogP contribution in [0.25, 0.3) is 0 Å². The van der Waals surface area contributed by atoms with Crippen LogP contribution in [0.1, 0.15) is 31.9 Å². The number of nitrogens with two attached hydrogens (primary N) is 1. The first-order valence-electron chi connectivity index (χ1n) is 4.61. The van der Waals surface area contributed by atoms with E-state index in [9.17, 15) is 0 Å². The fraction of sp³-hybridized carbons (Fsp3) is 0.556. The molecule has 76 valence electrons. The summed E-state index contributed by atoms with van der Waals surface area (Å²) in [5.74, 6) is 0.983. The van der Waals surface area contributed by atoms with Crippen molar-refractivity contribution in [2.45, 2.75) is 26.3 Å². The highest BCUT2D eigenvalue weighted by Gasteiger charge is 2.16. The van der Waals surface area contributed by atoms with Gasteiger partial charge in [0.1, 0.15) is 17.5 Å². The van der Waals surface area contributed by atoms with Gasteiger partial charge in [-0.15, -0.1) is 0 Å². The molecule has 0 saturated carbocycles. The van der Waals surface area contributed by atoms with Crippen LogP contribution < -0.4 is 11.1 Å². The molecule has 0 aliphatic carbocycles. The van der Waals surface area contributed by atoms with Crippen LogP contribution in [0.5, 0.6) is 0 Å². The van der Waals surface area contributed by atoms with Gasteiger partial charge in [-0.05, 0) is 13.3 Å². The molecule has 1 aromatic heterocycles. The van der Waals surface area contributed by atoms with Gasteiger partial charge in [0.25, 0.3) is 0 Å². The SMILES string of the molecule is CCC(C)n1nc(NC)c(C#N)c1N. The summed E-state index contributed by atoms with van der Waals surface area (Å²) in [4.78, 5) is 0. The molecule has 1 atom stereocenters. The van der Waals surface area contributed by atoms with E-state index in [0.717, 1.165) is 6.42 Å². The number of aromatic nitrogens is 2. The number of hydrogen-bond donors (Lipinski definition) is 2. The molecule has 0 aromatic carbocycles. The summed E-state index contributed by atoms with van der Waals surface area (Å²) < 4.78 is 1.68. The van der Waals surface area contributed by atoms with Crippen molar-refractivity contribution in [3.8, 4) is 6.07 Å². The van der Waals surface area contributed by atoms with E-state index >= 15 is 0 Å². The summed E-state index contributed by atoms with van der Waals surface area (Å²) in [7, 11) is 1.73. The standard InChI is InChI=1S/C9H15N5/c1-4-6(2)14-8(11)7(5-10)9(12-3)13-14/h6H,4,11H2,1-3H3,(H,12,13). The van der Waals surface area contributed by atoms with Gasteiger partial charge >= 0.3 is 0 Å². The molecule has 0 fully saturated rings. The van der Waals surface area contributed by atoms with Crippen LogP contribution in [0.15, 0.2) is 0 Å². The van der Waals surface area contributed by atoms with Gasteiger partial charge in [-0.1, -0.05) is 6.92 Å². The number of anilines is 2. The molecule has 0 aliphatic rings. The van der Waals surface area contributed by atoms with Crippen molar-refractivity contribution in [3.05, 3.63) is 5.56 Å². The van der Waals surface area contributed by atoms with Crippen molar-refractivity contribution < 1.29 is 0 Å². The van der Waals surface area contributed by atoms with Crippen molar-refractivity contribution in [1.29, 1.82) is 5.26 Å². The summed E-state index contributed by atoms with van der Waals surface area (Å²) in [5, 5.41) is 16.0. The molecule has 0 radical (unpaired) electrons. The molecule has 5 nitrogen and oxygen atoms in total. The molecule has 0 amide bonds. The Kier molecular flexibility index (Phi) is 2.97. The van der Waals surface area contributed by atoms with E-state index in [1.54, 1.807) is 11.7 Å². The zero-order chi connectivity index (χ0) is 10.7. The zero-order valence-corrected chi connectivity index (χ0v) is 8.70. The summed E-state index contributed by atoms with van der Waals surface area (Å²) >= 11 is 0. The topological polar surface area (TPSA) is 79.7 Å². The van der Waals surface area contributed by atoms with E-state index < -0.39 is 0 Å². The minimum Gasteiger partial charge on any atom is -0.383 e. The molecule has 0 spiro atoms. The lowest BCUT2D eigenvalue weighted by atomic mass is 10.2. The number of nitrogen functional groups attached to an aromatic ring is 1. The molecule has 0 saturated heterocycles. The number of hydrogen-bond acceptors (Lipinski definition) is 4. The van der Waals surface area contributed by atoms with E-state index in [2.05, 4.69) is 17.3 Å². The molecule has 3 N–H and O–H groups in total. The predicted molar refractivity (Wildman–Crippen MR) is 55.9 cm³/mol. The van der Waals surface area contributed by atoms with Crippen molar-refractivity contribution in [2.24, 2.45) is 0 Å². The van der Waals surface area contributed by atoms with Gasteiger partial charge in [0.2, 0.25) is 0 Å². The number of nitrogens with zero attached hydrogens (tertiary/aromatic N) is 3. The maximum Gasteiger partial charge on any atom is 0.168 e. The lowest BCUT2D eigenvalue weighted by Crippen LogP contribution is -2.09. The third-order valence-electron chi connectivity index (χ3n) is 2.30. The Bertz CT molecular complexity index is 360. The van der Waals surface area contributed by atoms with E-state index in [-0.39, 0.29) is 6.04 Å². The van der Waals surface area contributed by atoms with Gasteiger partial charge in [-0.25, -0.2) is 4.68 Å². The van der Waals surface area contributed by atoms with Crippen LogP contribution >= 0.6 is 0 Å². The van der Waals surface area contributed by atoms with Gasteiger partial charge in [0.15, 0.2) is 5.82 Å². The second-order valence-electron chi connectivity index (χ2n) is 3.17. The second kappa shape index (κ2) is 4.01. The van der Waals surface area contributed by atoms with Crippen LogP contribution in [0.4, 0.5) is 11.6 Å². The Morgan fingerprint density at radius 2 is 2.36 bits per heavy atom. The molecule has 1 rings (SSSR count). The fourth-order valence-corrected chi connectivity index (χ4v) is 1.24. The van der Waals surface area contributed by atoms with Crippen LogP contribution in [0.3, 0.4) is 0 Å². The molecular formula is C9H15N5. The molecule has 0 bridgehead atoms. The monoisotopic (exact) mass is 193 g/mol. The first-order chi connectivity index (χ1) is 6.65. The average molecular weight is 193 g/mol.